The van der Waals surface area contributed by atoms with Crippen LogP contribution < -0.4 is 5.73 Å². The molecule has 72 valence electrons. The molecule has 0 aliphatic heterocycles. The Labute approximate surface area is 79.9 Å². The first-order valence-corrected chi connectivity index (χ1v) is 4.56. The second-order valence-corrected chi connectivity index (χ2v) is 3.17. The van der Waals surface area contributed by atoms with Crippen molar-refractivity contribution >= 4 is 17.2 Å². The Bertz CT molecular complexity index is 141. The van der Waals surface area contributed by atoms with Crippen molar-refractivity contribution in [3.63, 3.8) is 0 Å². The average Bonchev–Trinajstić information content (AvgIpc) is 2.05. The van der Waals surface area contributed by atoms with Crippen molar-refractivity contribution in [2.75, 3.05) is 26.8 Å². The van der Waals surface area contributed by atoms with E-state index in [0.29, 0.717) is 4.99 Å². The fourth-order valence-electron chi connectivity index (χ4n) is 1.01. The van der Waals surface area contributed by atoms with Gasteiger partial charge in [0.15, 0.2) is 0 Å². The van der Waals surface area contributed by atoms with Crippen LogP contribution in [0.2, 0.25) is 0 Å². The topological polar surface area (TPSA) is 38.5 Å². The second-order valence-electron chi connectivity index (χ2n) is 2.70. The van der Waals surface area contributed by atoms with E-state index >= 15 is 0 Å². The summed E-state index contributed by atoms with van der Waals surface area (Å²) < 4.78 is 4.98. The zero-order valence-corrected chi connectivity index (χ0v) is 8.86. The third-order valence-electron chi connectivity index (χ3n) is 1.95. The quantitative estimate of drug-likeness (QED) is 0.624. The summed E-state index contributed by atoms with van der Waals surface area (Å²) in [5.41, 5.74) is 5.53. The van der Waals surface area contributed by atoms with E-state index in [1.54, 1.807) is 7.11 Å². The van der Waals surface area contributed by atoms with Crippen LogP contribution in [0.25, 0.3) is 0 Å². The van der Waals surface area contributed by atoms with Crippen molar-refractivity contribution in [1.82, 2.24) is 4.90 Å². The number of nitrogens with zero attached hydrogens (tertiary/aromatic N) is 1. The summed E-state index contributed by atoms with van der Waals surface area (Å²) in [6.45, 7) is 6.65. The zero-order chi connectivity index (χ0) is 9.56. The molecule has 0 aliphatic rings. The van der Waals surface area contributed by atoms with Crippen molar-refractivity contribution in [1.29, 1.82) is 0 Å². The van der Waals surface area contributed by atoms with Gasteiger partial charge >= 0.3 is 0 Å². The molecular weight excluding hydrogens is 172 g/mol. The third-order valence-corrected chi connectivity index (χ3v) is 2.29. The van der Waals surface area contributed by atoms with Gasteiger partial charge in [0.1, 0.15) is 0 Å². The van der Waals surface area contributed by atoms with Gasteiger partial charge in [-0.1, -0.05) is 19.1 Å². The highest BCUT2D eigenvalue weighted by Crippen LogP contribution is 1.98. The largest absolute Gasteiger partial charge is 0.392 e. The van der Waals surface area contributed by atoms with Crippen molar-refractivity contribution in [2.24, 2.45) is 5.73 Å². The van der Waals surface area contributed by atoms with E-state index in [1.807, 2.05) is 6.92 Å². The summed E-state index contributed by atoms with van der Waals surface area (Å²) in [6, 6.07) is 0.167. The maximum Gasteiger partial charge on any atom is 0.0899 e. The normalized spacial score (nSPS) is 13.3. The fourth-order valence-corrected chi connectivity index (χ4v) is 1.16. The van der Waals surface area contributed by atoms with Crippen molar-refractivity contribution in [3.05, 3.63) is 0 Å². The molecule has 0 amide bonds. The molecule has 0 aromatic carbocycles. The molecule has 0 aliphatic carbocycles. The molecule has 0 saturated carbocycles. The summed E-state index contributed by atoms with van der Waals surface area (Å²) in [4.78, 5) is 2.74. The first-order chi connectivity index (χ1) is 5.63. The summed E-state index contributed by atoms with van der Waals surface area (Å²) in [5, 5.41) is 0. The van der Waals surface area contributed by atoms with E-state index in [-0.39, 0.29) is 6.04 Å². The van der Waals surface area contributed by atoms with Gasteiger partial charge in [0, 0.05) is 13.7 Å². The van der Waals surface area contributed by atoms with Gasteiger partial charge < -0.3 is 10.5 Å². The van der Waals surface area contributed by atoms with Gasteiger partial charge in [-0.25, -0.2) is 0 Å². The van der Waals surface area contributed by atoms with E-state index in [0.717, 1.165) is 19.7 Å². The number of hydrogen-bond donors (Lipinski definition) is 1. The molecule has 0 rings (SSSR count). The number of ether oxygens (including phenoxy) is 1. The van der Waals surface area contributed by atoms with Crippen LogP contribution in [0.15, 0.2) is 0 Å². The van der Waals surface area contributed by atoms with E-state index in [4.69, 9.17) is 22.7 Å². The van der Waals surface area contributed by atoms with Crippen LogP contribution in [-0.4, -0.2) is 42.7 Å². The monoisotopic (exact) mass is 190 g/mol. The van der Waals surface area contributed by atoms with E-state index < -0.39 is 0 Å². The molecule has 4 heteroatoms. The maximum absolute atomic E-state index is 5.53. The number of hydrogen-bond acceptors (Lipinski definition) is 3. The van der Waals surface area contributed by atoms with Crippen LogP contribution in [0.3, 0.4) is 0 Å². The SMILES string of the molecule is CCN(CCOC)C(C)C(N)=S. The van der Waals surface area contributed by atoms with Gasteiger partial charge in [-0.3, -0.25) is 4.90 Å². The molecule has 1 unspecified atom stereocenters. The molecule has 0 bridgehead atoms. The van der Waals surface area contributed by atoms with Crippen LogP contribution in [0.5, 0.6) is 0 Å². The first-order valence-electron chi connectivity index (χ1n) is 4.15. The van der Waals surface area contributed by atoms with Crippen LogP contribution in [-0.2, 0) is 4.74 Å². The number of thiocarbonyl (C=S) groups is 1. The summed E-state index contributed by atoms with van der Waals surface area (Å²) in [5.74, 6) is 0. The van der Waals surface area contributed by atoms with Gasteiger partial charge in [0.2, 0.25) is 0 Å². The molecular formula is C8H18N2OS. The smallest absolute Gasteiger partial charge is 0.0899 e. The molecule has 0 radical (unpaired) electrons. The van der Waals surface area contributed by atoms with E-state index in [1.165, 1.54) is 0 Å². The van der Waals surface area contributed by atoms with Gasteiger partial charge in [-0.15, -0.1) is 0 Å². The fraction of sp³-hybridized carbons (Fsp3) is 0.875. The third kappa shape index (κ3) is 3.99. The molecule has 0 heterocycles. The summed E-state index contributed by atoms with van der Waals surface area (Å²) in [6.07, 6.45) is 0. The molecule has 0 spiro atoms. The number of methoxy groups -OCH3 is 1. The van der Waals surface area contributed by atoms with Gasteiger partial charge in [0.25, 0.3) is 0 Å². The van der Waals surface area contributed by atoms with Crippen molar-refractivity contribution in [3.8, 4) is 0 Å². The Balaban J connectivity index is 3.87. The highest BCUT2D eigenvalue weighted by molar-refractivity contribution is 7.80. The summed E-state index contributed by atoms with van der Waals surface area (Å²) in [7, 11) is 1.69. The lowest BCUT2D eigenvalue weighted by atomic mass is 10.3. The molecule has 0 saturated heterocycles. The Morgan fingerprint density at radius 1 is 1.67 bits per heavy atom. The minimum Gasteiger partial charge on any atom is -0.392 e. The zero-order valence-electron chi connectivity index (χ0n) is 8.04. The first kappa shape index (κ1) is 11.8. The maximum atomic E-state index is 5.53. The molecule has 3 nitrogen and oxygen atoms in total. The van der Waals surface area contributed by atoms with Crippen LogP contribution in [0, 0.1) is 0 Å². The highest BCUT2D eigenvalue weighted by Gasteiger charge is 2.13. The van der Waals surface area contributed by atoms with Crippen molar-refractivity contribution in [2.45, 2.75) is 19.9 Å². The lowest BCUT2D eigenvalue weighted by Crippen LogP contribution is -2.43. The molecule has 12 heavy (non-hydrogen) atoms. The molecule has 2 N–H and O–H groups in total. The van der Waals surface area contributed by atoms with Gasteiger partial charge in [-0.2, -0.15) is 0 Å². The van der Waals surface area contributed by atoms with Crippen LogP contribution >= 0.6 is 12.2 Å². The molecule has 0 aromatic heterocycles. The molecule has 1 atom stereocenters. The lowest BCUT2D eigenvalue weighted by molar-refractivity contribution is 0.144. The van der Waals surface area contributed by atoms with Gasteiger partial charge in [0.05, 0.1) is 17.6 Å². The van der Waals surface area contributed by atoms with Crippen LogP contribution in [0.4, 0.5) is 0 Å². The Kier molecular flexibility index (Phi) is 6.24. The minimum absolute atomic E-state index is 0.167. The summed E-state index contributed by atoms with van der Waals surface area (Å²) >= 11 is 4.91. The average molecular weight is 190 g/mol. The van der Waals surface area contributed by atoms with E-state index in [9.17, 15) is 0 Å². The Morgan fingerprint density at radius 2 is 2.25 bits per heavy atom. The predicted octanol–water partition coefficient (Wildman–Crippen LogP) is 0.629. The number of likely N-dealkylation sites (N-methyl/N-ethyl adjacent to an activating group) is 1. The van der Waals surface area contributed by atoms with Crippen LogP contribution in [0.1, 0.15) is 13.8 Å². The second kappa shape index (κ2) is 6.34. The lowest BCUT2D eigenvalue weighted by Gasteiger charge is -2.26. The predicted molar refractivity (Wildman–Crippen MR) is 55.4 cm³/mol. The van der Waals surface area contributed by atoms with E-state index in [2.05, 4.69) is 11.8 Å². The van der Waals surface area contributed by atoms with Gasteiger partial charge in [-0.05, 0) is 13.5 Å². The Hall–Kier alpha value is -0.190. The minimum atomic E-state index is 0.167. The standard InChI is InChI=1S/C8H18N2OS/c1-4-10(5-6-11-3)7(2)8(9)12/h7H,4-6H2,1-3H3,(H2,9,12). The number of nitrogens with two attached hydrogens (primary N) is 1. The molecule has 0 aromatic rings. The molecule has 0 fully saturated rings. The number of rotatable bonds is 6. The highest BCUT2D eigenvalue weighted by atomic mass is 32.1. The Morgan fingerprint density at radius 3 is 2.58 bits per heavy atom. The van der Waals surface area contributed by atoms with Crippen molar-refractivity contribution < 1.29 is 4.74 Å².